The molecule has 0 unspecified atom stereocenters. The van der Waals surface area contributed by atoms with Crippen LogP contribution in [0.15, 0.2) is 17.0 Å². The monoisotopic (exact) mass is 194 g/mol. The predicted molar refractivity (Wildman–Crippen MR) is 49.8 cm³/mol. The SMILES string of the molecule is Cc1c(S)ccc(C#N)c1[N+](=O)[O-]. The fourth-order valence-electron chi connectivity index (χ4n) is 1.02. The molecule has 4 nitrogen and oxygen atoms in total. The topological polar surface area (TPSA) is 66.9 Å². The molecule has 1 aromatic rings. The minimum absolute atomic E-state index is 0.0697. The van der Waals surface area contributed by atoms with E-state index >= 15 is 0 Å². The summed E-state index contributed by atoms with van der Waals surface area (Å²) in [4.78, 5) is 10.5. The smallest absolute Gasteiger partial charge is 0.258 e. The Labute approximate surface area is 80.4 Å². The van der Waals surface area contributed by atoms with Crippen LogP contribution in [0, 0.1) is 28.4 Å². The van der Waals surface area contributed by atoms with E-state index in [1.165, 1.54) is 6.07 Å². The minimum atomic E-state index is -0.562. The summed E-state index contributed by atoms with van der Waals surface area (Å²) < 4.78 is 0. The first-order chi connectivity index (χ1) is 6.07. The second kappa shape index (κ2) is 3.46. The minimum Gasteiger partial charge on any atom is -0.258 e. The highest BCUT2D eigenvalue weighted by atomic mass is 32.1. The Balaban J connectivity index is 3.53. The van der Waals surface area contributed by atoms with Crippen LogP contribution >= 0.6 is 12.6 Å². The molecule has 0 bridgehead atoms. The molecule has 0 heterocycles. The highest BCUT2D eigenvalue weighted by Crippen LogP contribution is 2.27. The van der Waals surface area contributed by atoms with E-state index in [1.807, 2.05) is 0 Å². The van der Waals surface area contributed by atoms with Crippen LogP contribution in [-0.2, 0) is 0 Å². The van der Waals surface area contributed by atoms with Crippen molar-refractivity contribution in [1.29, 1.82) is 5.26 Å². The fourth-order valence-corrected chi connectivity index (χ4v) is 1.20. The summed E-state index contributed by atoms with van der Waals surface area (Å²) in [6, 6.07) is 4.74. The van der Waals surface area contributed by atoms with E-state index in [0.717, 1.165) is 0 Å². The van der Waals surface area contributed by atoms with Crippen LogP contribution in [0.1, 0.15) is 11.1 Å². The zero-order valence-electron chi connectivity index (χ0n) is 6.81. The van der Waals surface area contributed by atoms with Crippen LogP contribution in [0.4, 0.5) is 5.69 Å². The lowest BCUT2D eigenvalue weighted by atomic mass is 10.1. The summed E-state index contributed by atoms with van der Waals surface area (Å²) in [5, 5.41) is 19.2. The van der Waals surface area contributed by atoms with Gasteiger partial charge in [-0.1, -0.05) is 0 Å². The molecule has 0 radical (unpaired) electrons. The van der Waals surface area contributed by atoms with E-state index in [2.05, 4.69) is 12.6 Å². The maximum atomic E-state index is 10.6. The molecule has 0 aromatic heterocycles. The number of nitrogens with zero attached hydrogens (tertiary/aromatic N) is 2. The van der Waals surface area contributed by atoms with Crippen molar-refractivity contribution in [1.82, 2.24) is 0 Å². The van der Waals surface area contributed by atoms with Gasteiger partial charge in [0.25, 0.3) is 5.69 Å². The van der Waals surface area contributed by atoms with Gasteiger partial charge in [-0.3, -0.25) is 10.1 Å². The molecule has 0 aliphatic carbocycles. The zero-order valence-corrected chi connectivity index (χ0v) is 7.71. The first kappa shape index (κ1) is 9.55. The number of hydrogen-bond donors (Lipinski definition) is 1. The summed E-state index contributed by atoms with van der Waals surface area (Å²) in [6.07, 6.45) is 0. The molecular weight excluding hydrogens is 188 g/mol. The van der Waals surface area contributed by atoms with Crippen LogP contribution < -0.4 is 0 Å². The molecule has 0 amide bonds. The molecule has 13 heavy (non-hydrogen) atoms. The van der Waals surface area contributed by atoms with Gasteiger partial charge in [-0.2, -0.15) is 5.26 Å². The quantitative estimate of drug-likeness (QED) is 0.422. The summed E-state index contributed by atoms with van der Waals surface area (Å²) in [5.41, 5.74) is 0.336. The molecule has 0 saturated carbocycles. The van der Waals surface area contributed by atoms with Crippen molar-refractivity contribution in [2.75, 3.05) is 0 Å². The lowest BCUT2D eigenvalue weighted by Gasteiger charge is -2.00. The van der Waals surface area contributed by atoms with E-state index in [4.69, 9.17) is 5.26 Å². The highest BCUT2D eigenvalue weighted by molar-refractivity contribution is 7.80. The van der Waals surface area contributed by atoms with Gasteiger partial charge < -0.3 is 0 Å². The van der Waals surface area contributed by atoms with E-state index in [9.17, 15) is 10.1 Å². The molecule has 0 fully saturated rings. The number of hydrogen-bond acceptors (Lipinski definition) is 4. The number of rotatable bonds is 1. The molecule has 0 aliphatic rings. The Bertz CT molecular complexity index is 409. The maximum Gasteiger partial charge on any atom is 0.291 e. The van der Waals surface area contributed by atoms with E-state index in [0.29, 0.717) is 10.5 Å². The molecule has 0 spiro atoms. The van der Waals surface area contributed by atoms with Gasteiger partial charge in [0.2, 0.25) is 0 Å². The third-order valence-corrected chi connectivity index (χ3v) is 2.19. The summed E-state index contributed by atoms with van der Waals surface area (Å²) in [6.45, 7) is 1.57. The lowest BCUT2D eigenvalue weighted by molar-refractivity contribution is -0.385. The average Bonchev–Trinajstić information content (AvgIpc) is 2.08. The van der Waals surface area contributed by atoms with Gasteiger partial charge in [0.05, 0.1) is 4.92 Å². The van der Waals surface area contributed by atoms with Crippen molar-refractivity contribution in [3.8, 4) is 6.07 Å². The Morgan fingerprint density at radius 3 is 2.69 bits per heavy atom. The van der Waals surface area contributed by atoms with Crippen molar-refractivity contribution in [3.63, 3.8) is 0 Å². The van der Waals surface area contributed by atoms with E-state index < -0.39 is 4.92 Å². The maximum absolute atomic E-state index is 10.6. The zero-order chi connectivity index (χ0) is 10.0. The number of thiol groups is 1. The van der Waals surface area contributed by atoms with Gasteiger partial charge in [-0.05, 0) is 19.1 Å². The highest BCUT2D eigenvalue weighted by Gasteiger charge is 2.18. The van der Waals surface area contributed by atoms with Gasteiger partial charge in [0, 0.05) is 10.5 Å². The standard InChI is InChI=1S/C8H6N2O2S/c1-5-7(13)3-2-6(4-9)8(5)10(11)12/h2-3,13H,1H3. The van der Waals surface area contributed by atoms with Crippen LogP contribution in [0.2, 0.25) is 0 Å². The molecular formula is C8H6N2O2S. The number of benzene rings is 1. The van der Waals surface area contributed by atoms with Crippen LogP contribution in [0.5, 0.6) is 0 Å². The third-order valence-electron chi connectivity index (χ3n) is 1.71. The van der Waals surface area contributed by atoms with Gasteiger partial charge in [-0.25, -0.2) is 0 Å². The molecule has 0 N–H and O–H groups in total. The Morgan fingerprint density at radius 2 is 2.23 bits per heavy atom. The predicted octanol–water partition coefficient (Wildman–Crippen LogP) is 2.06. The van der Waals surface area contributed by atoms with Crippen molar-refractivity contribution < 1.29 is 4.92 Å². The Kier molecular flexibility index (Phi) is 2.54. The van der Waals surface area contributed by atoms with E-state index in [1.54, 1.807) is 19.1 Å². The van der Waals surface area contributed by atoms with Gasteiger partial charge in [0.15, 0.2) is 0 Å². The van der Waals surface area contributed by atoms with Crippen LogP contribution in [0.3, 0.4) is 0 Å². The van der Waals surface area contributed by atoms with Gasteiger partial charge in [-0.15, -0.1) is 12.6 Å². The second-order valence-electron chi connectivity index (χ2n) is 2.47. The summed E-state index contributed by atoms with van der Waals surface area (Å²) in [5.74, 6) is 0. The largest absolute Gasteiger partial charge is 0.291 e. The number of nitro groups is 1. The molecule has 1 aromatic carbocycles. The van der Waals surface area contributed by atoms with Crippen molar-refractivity contribution in [3.05, 3.63) is 33.4 Å². The first-order valence-electron chi connectivity index (χ1n) is 3.45. The van der Waals surface area contributed by atoms with Crippen LogP contribution in [0.25, 0.3) is 0 Å². The molecule has 0 saturated heterocycles. The van der Waals surface area contributed by atoms with E-state index in [-0.39, 0.29) is 11.3 Å². The average molecular weight is 194 g/mol. The summed E-state index contributed by atoms with van der Waals surface area (Å²) >= 11 is 4.03. The number of nitro benzene ring substituents is 1. The lowest BCUT2D eigenvalue weighted by Crippen LogP contribution is -1.96. The molecule has 1 rings (SSSR count). The van der Waals surface area contributed by atoms with Gasteiger partial charge in [0.1, 0.15) is 11.6 Å². The molecule has 5 heteroatoms. The Morgan fingerprint density at radius 1 is 1.62 bits per heavy atom. The van der Waals surface area contributed by atoms with Crippen molar-refractivity contribution in [2.24, 2.45) is 0 Å². The molecule has 0 aliphatic heterocycles. The molecule has 0 atom stereocenters. The number of nitriles is 1. The third kappa shape index (κ3) is 1.63. The van der Waals surface area contributed by atoms with Crippen LogP contribution in [-0.4, -0.2) is 4.92 Å². The normalized spacial score (nSPS) is 9.31. The second-order valence-corrected chi connectivity index (χ2v) is 2.96. The van der Waals surface area contributed by atoms with Gasteiger partial charge >= 0.3 is 0 Å². The first-order valence-corrected chi connectivity index (χ1v) is 3.89. The fraction of sp³-hybridized carbons (Fsp3) is 0.125. The van der Waals surface area contributed by atoms with Crippen molar-refractivity contribution in [2.45, 2.75) is 11.8 Å². The molecule has 66 valence electrons. The Hall–Kier alpha value is -1.54. The van der Waals surface area contributed by atoms with Crippen molar-refractivity contribution >= 4 is 18.3 Å². The summed E-state index contributed by atoms with van der Waals surface area (Å²) in [7, 11) is 0.